The van der Waals surface area contributed by atoms with E-state index in [0.29, 0.717) is 28.6 Å². The molecule has 3 heteroatoms. The van der Waals surface area contributed by atoms with Crippen LogP contribution in [0.25, 0.3) is 0 Å². The summed E-state index contributed by atoms with van der Waals surface area (Å²) in [6.45, 7) is 17.3. The summed E-state index contributed by atoms with van der Waals surface area (Å²) in [5.41, 5.74) is 0.823. The molecule has 1 N–H and O–H groups in total. The van der Waals surface area contributed by atoms with Crippen LogP contribution in [0, 0.1) is 56.2 Å². The largest absolute Gasteiger partial charge is 0.461 e. The number of hydrogen-bond donors (Lipinski definition) is 1. The van der Waals surface area contributed by atoms with E-state index in [0.717, 1.165) is 31.6 Å². The molecule has 6 fully saturated rings. The lowest BCUT2D eigenvalue weighted by atomic mass is 9.31. The Kier molecular flexibility index (Phi) is 4.44. The fraction of sp³-hybridized carbons (Fsp3) is 0.967. The van der Waals surface area contributed by atoms with Gasteiger partial charge in [-0.1, -0.05) is 48.5 Å². The van der Waals surface area contributed by atoms with Gasteiger partial charge in [0.15, 0.2) is 0 Å². The minimum absolute atomic E-state index is 0.00939. The second-order valence-electron chi connectivity index (χ2n) is 15.5. The Bertz CT molecular complexity index is 876. The van der Waals surface area contributed by atoms with E-state index >= 15 is 0 Å². The van der Waals surface area contributed by atoms with Gasteiger partial charge in [-0.3, -0.25) is 4.79 Å². The maximum absolute atomic E-state index is 13.3. The SMILES string of the molecule is CC1(C)CCC23CC[C@@]4(C)C(CCC5[C@@]6(C)CC[C@H](O)C(C)(C)C6CC[C@]54C)C2C1OC3=O. The van der Waals surface area contributed by atoms with E-state index in [1.54, 1.807) is 0 Å². The first kappa shape index (κ1) is 22.9. The molecule has 0 aromatic rings. The molecule has 33 heavy (non-hydrogen) atoms. The number of carbonyl (C=O) groups is 1. The summed E-state index contributed by atoms with van der Waals surface area (Å²) in [6.07, 6.45) is 11.6. The van der Waals surface area contributed by atoms with Crippen molar-refractivity contribution in [2.75, 3.05) is 0 Å². The Labute approximate surface area is 201 Å². The molecule has 10 atom stereocenters. The fourth-order valence-electron chi connectivity index (χ4n) is 11.8. The molecule has 5 aliphatic carbocycles. The Morgan fingerprint density at radius 3 is 2.18 bits per heavy atom. The molecule has 1 heterocycles. The molecular formula is C30H48O3. The van der Waals surface area contributed by atoms with Gasteiger partial charge in [0.1, 0.15) is 6.10 Å². The van der Waals surface area contributed by atoms with E-state index in [-0.39, 0.29) is 39.8 Å². The zero-order valence-corrected chi connectivity index (χ0v) is 22.3. The fourth-order valence-corrected chi connectivity index (χ4v) is 11.8. The third-order valence-electron chi connectivity index (χ3n) is 14.0. The molecule has 6 rings (SSSR count). The molecular weight excluding hydrogens is 408 g/mol. The maximum Gasteiger partial charge on any atom is 0.312 e. The normalized spacial score (nSPS) is 58.4. The Morgan fingerprint density at radius 1 is 0.758 bits per heavy atom. The van der Waals surface area contributed by atoms with E-state index in [4.69, 9.17) is 4.74 Å². The van der Waals surface area contributed by atoms with Gasteiger partial charge < -0.3 is 9.84 Å². The van der Waals surface area contributed by atoms with Gasteiger partial charge in [-0.05, 0) is 104 Å². The lowest BCUT2D eigenvalue weighted by molar-refractivity contribution is -0.252. The number of fused-ring (bicyclic) bond motifs is 5. The second-order valence-corrected chi connectivity index (χ2v) is 15.5. The van der Waals surface area contributed by atoms with Gasteiger partial charge >= 0.3 is 5.97 Å². The summed E-state index contributed by atoms with van der Waals surface area (Å²) in [5.74, 6) is 2.50. The van der Waals surface area contributed by atoms with Gasteiger partial charge in [-0.25, -0.2) is 0 Å². The molecule has 186 valence electrons. The van der Waals surface area contributed by atoms with E-state index in [2.05, 4.69) is 48.5 Å². The zero-order chi connectivity index (χ0) is 23.8. The number of carbonyl (C=O) groups excluding carboxylic acids is 1. The van der Waals surface area contributed by atoms with Crippen LogP contribution < -0.4 is 0 Å². The molecule has 1 aliphatic heterocycles. The van der Waals surface area contributed by atoms with Crippen LogP contribution in [0.3, 0.4) is 0 Å². The van der Waals surface area contributed by atoms with E-state index < -0.39 is 0 Å². The monoisotopic (exact) mass is 456 g/mol. The van der Waals surface area contributed by atoms with Crippen molar-refractivity contribution in [3.05, 3.63) is 0 Å². The van der Waals surface area contributed by atoms with Crippen LogP contribution in [-0.4, -0.2) is 23.3 Å². The van der Waals surface area contributed by atoms with Crippen LogP contribution in [-0.2, 0) is 9.53 Å². The number of ether oxygens (including phenoxy) is 1. The lowest BCUT2D eigenvalue weighted by Crippen LogP contribution is -2.67. The van der Waals surface area contributed by atoms with Crippen molar-refractivity contribution < 1.29 is 14.6 Å². The minimum Gasteiger partial charge on any atom is -0.461 e. The van der Waals surface area contributed by atoms with Crippen LogP contribution in [0.1, 0.15) is 113 Å². The average Bonchev–Trinajstić information content (AvgIpc) is 2.99. The number of esters is 1. The van der Waals surface area contributed by atoms with Gasteiger partial charge in [0.2, 0.25) is 0 Å². The molecule has 5 saturated carbocycles. The van der Waals surface area contributed by atoms with Gasteiger partial charge in [-0.15, -0.1) is 0 Å². The molecule has 6 unspecified atom stereocenters. The highest BCUT2D eigenvalue weighted by atomic mass is 16.6. The molecule has 0 amide bonds. The summed E-state index contributed by atoms with van der Waals surface area (Å²) < 4.78 is 6.28. The zero-order valence-electron chi connectivity index (χ0n) is 22.3. The summed E-state index contributed by atoms with van der Waals surface area (Å²) in [5, 5.41) is 10.9. The Morgan fingerprint density at radius 2 is 1.45 bits per heavy atom. The van der Waals surface area contributed by atoms with Crippen molar-refractivity contribution in [2.24, 2.45) is 56.2 Å². The molecule has 2 bridgehead atoms. The molecule has 0 spiro atoms. The predicted molar refractivity (Wildman–Crippen MR) is 130 cm³/mol. The van der Waals surface area contributed by atoms with E-state index in [1.807, 2.05) is 0 Å². The van der Waals surface area contributed by atoms with Gasteiger partial charge in [0.25, 0.3) is 0 Å². The van der Waals surface area contributed by atoms with Gasteiger partial charge in [0, 0.05) is 11.3 Å². The van der Waals surface area contributed by atoms with Crippen molar-refractivity contribution in [2.45, 2.75) is 125 Å². The first-order chi connectivity index (χ1) is 15.2. The standard InChI is InChI=1S/C30H48O3/c1-25(2)14-16-30-17-15-28(6)18(22(30)23(25)33-24(30)32)8-9-20-27(5)12-11-21(31)26(3,4)19(27)10-13-29(20,28)7/h18-23,31H,8-17H2,1-7H3/t18?,19?,20?,21-,22?,23?,27-,28-,29+,30?/m0/s1. The predicted octanol–water partition coefficient (Wildman–Crippen LogP) is 6.76. The van der Waals surface area contributed by atoms with Crippen LogP contribution in [0.5, 0.6) is 0 Å². The molecule has 0 radical (unpaired) electrons. The third kappa shape index (κ3) is 2.45. The summed E-state index contributed by atoms with van der Waals surface area (Å²) >= 11 is 0. The summed E-state index contributed by atoms with van der Waals surface area (Å²) in [4.78, 5) is 13.3. The van der Waals surface area contributed by atoms with E-state index in [9.17, 15) is 9.90 Å². The van der Waals surface area contributed by atoms with Crippen molar-refractivity contribution in [1.29, 1.82) is 0 Å². The first-order valence-corrected chi connectivity index (χ1v) is 14.1. The van der Waals surface area contributed by atoms with Gasteiger partial charge in [-0.2, -0.15) is 0 Å². The van der Waals surface area contributed by atoms with Crippen LogP contribution in [0.15, 0.2) is 0 Å². The quantitative estimate of drug-likeness (QED) is 0.409. The van der Waals surface area contributed by atoms with Crippen LogP contribution in [0.2, 0.25) is 0 Å². The van der Waals surface area contributed by atoms with Crippen molar-refractivity contribution in [3.8, 4) is 0 Å². The number of aliphatic hydroxyl groups is 1. The smallest absolute Gasteiger partial charge is 0.312 e. The molecule has 0 aromatic carbocycles. The highest BCUT2D eigenvalue weighted by Gasteiger charge is 2.75. The highest BCUT2D eigenvalue weighted by molar-refractivity contribution is 5.81. The van der Waals surface area contributed by atoms with Crippen LogP contribution in [0.4, 0.5) is 0 Å². The minimum atomic E-state index is -0.189. The Hall–Kier alpha value is -0.570. The summed E-state index contributed by atoms with van der Waals surface area (Å²) in [7, 11) is 0. The topological polar surface area (TPSA) is 46.5 Å². The van der Waals surface area contributed by atoms with Gasteiger partial charge in [0.05, 0.1) is 11.5 Å². The lowest BCUT2D eigenvalue weighted by Gasteiger charge is -2.73. The number of rotatable bonds is 0. The van der Waals surface area contributed by atoms with Crippen LogP contribution >= 0.6 is 0 Å². The Balaban J connectivity index is 1.41. The average molecular weight is 457 g/mol. The number of aliphatic hydroxyl groups excluding tert-OH is 1. The van der Waals surface area contributed by atoms with Crippen molar-refractivity contribution >= 4 is 5.97 Å². The molecule has 6 aliphatic rings. The second kappa shape index (κ2) is 6.40. The molecule has 3 nitrogen and oxygen atoms in total. The van der Waals surface area contributed by atoms with Crippen molar-refractivity contribution in [3.63, 3.8) is 0 Å². The molecule has 0 aromatic heterocycles. The maximum atomic E-state index is 13.3. The molecule has 1 saturated heterocycles. The first-order valence-electron chi connectivity index (χ1n) is 14.1. The van der Waals surface area contributed by atoms with E-state index in [1.165, 1.54) is 38.5 Å². The third-order valence-corrected chi connectivity index (χ3v) is 14.0. The highest BCUT2D eigenvalue weighted by Crippen LogP contribution is 2.78. The number of hydrogen-bond acceptors (Lipinski definition) is 3. The summed E-state index contributed by atoms with van der Waals surface area (Å²) in [6, 6.07) is 0. The van der Waals surface area contributed by atoms with Crippen molar-refractivity contribution in [1.82, 2.24) is 0 Å².